The first kappa shape index (κ1) is 15.9. The third kappa shape index (κ3) is 3.48. The molecule has 0 aromatic heterocycles. The molecule has 2 aromatic rings. The molecule has 0 fully saturated rings. The second kappa shape index (κ2) is 6.62. The SMILES string of the molecule is CC(=O)c1ccc(NC(=O)N[C@@H](C)c2ccc3c(c2)OCO3)cc1. The number of benzene rings is 2. The van der Waals surface area contributed by atoms with Crippen molar-refractivity contribution in [3.8, 4) is 11.5 Å². The maximum absolute atomic E-state index is 12.1. The lowest BCUT2D eigenvalue weighted by molar-refractivity contribution is 0.101. The summed E-state index contributed by atoms with van der Waals surface area (Å²) in [5.74, 6) is 1.38. The monoisotopic (exact) mass is 326 g/mol. The molecule has 1 atom stereocenters. The van der Waals surface area contributed by atoms with E-state index in [-0.39, 0.29) is 24.6 Å². The Morgan fingerprint density at radius 1 is 1.04 bits per heavy atom. The van der Waals surface area contributed by atoms with Crippen molar-refractivity contribution < 1.29 is 19.1 Å². The Labute approximate surface area is 139 Å². The molecule has 6 nitrogen and oxygen atoms in total. The molecule has 2 N–H and O–H groups in total. The highest BCUT2D eigenvalue weighted by Crippen LogP contribution is 2.34. The smallest absolute Gasteiger partial charge is 0.319 e. The van der Waals surface area contributed by atoms with E-state index in [1.54, 1.807) is 24.3 Å². The molecule has 0 radical (unpaired) electrons. The summed E-state index contributed by atoms with van der Waals surface area (Å²) in [5, 5.41) is 5.60. The van der Waals surface area contributed by atoms with Gasteiger partial charge in [0.25, 0.3) is 0 Å². The first-order valence-corrected chi connectivity index (χ1v) is 7.61. The van der Waals surface area contributed by atoms with Crippen molar-refractivity contribution in [2.75, 3.05) is 12.1 Å². The standard InChI is InChI=1S/C18H18N2O4/c1-11(14-5-8-16-17(9-14)24-10-23-16)19-18(22)20-15-6-3-13(4-7-15)12(2)21/h3-9,11H,10H2,1-2H3,(H2,19,20,22)/t11-/m0/s1. The minimum atomic E-state index is -0.323. The molecule has 6 heteroatoms. The Bertz CT molecular complexity index is 771. The number of ether oxygens (including phenoxy) is 2. The highest BCUT2D eigenvalue weighted by atomic mass is 16.7. The Morgan fingerprint density at radius 3 is 2.46 bits per heavy atom. The Morgan fingerprint density at radius 2 is 1.75 bits per heavy atom. The Kier molecular flexibility index (Phi) is 4.37. The van der Waals surface area contributed by atoms with Crippen LogP contribution in [0.4, 0.5) is 10.5 Å². The van der Waals surface area contributed by atoms with Crippen molar-refractivity contribution in [3.05, 3.63) is 53.6 Å². The van der Waals surface area contributed by atoms with E-state index in [9.17, 15) is 9.59 Å². The summed E-state index contributed by atoms with van der Waals surface area (Å²) in [7, 11) is 0. The molecule has 0 saturated carbocycles. The fourth-order valence-electron chi connectivity index (χ4n) is 2.42. The molecular formula is C18H18N2O4. The Hall–Kier alpha value is -3.02. The van der Waals surface area contributed by atoms with E-state index >= 15 is 0 Å². The number of nitrogens with one attached hydrogen (secondary N) is 2. The van der Waals surface area contributed by atoms with Crippen LogP contribution in [0.1, 0.15) is 35.8 Å². The molecule has 3 rings (SSSR count). The van der Waals surface area contributed by atoms with Gasteiger partial charge in [0, 0.05) is 11.3 Å². The molecule has 24 heavy (non-hydrogen) atoms. The topological polar surface area (TPSA) is 76.7 Å². The van der Waals surface area contributed by atoms with E-state index in [1.165, 1.54) is 6.92 Å². The largest absolute Gasteiger partial charge is 0.454 e. The maximum Gasteiger partial charge on any atom is 0.319 e. The average Bonchev–Trinajstić information content (AvgIpc) is 3.02. The van der Waals surface area contributed by atoms with Crippen LogP contribution in [-0.4, -0.2) is 18.6 Å². The quantitative estimate of drug-likeness (QED) is 0.843. The van der Waals surface area contributed by atoms with Crippen molar-refractivity contribution in [1.82, 2.24) is 5.32 Å². The number of fused-ring (bicyclic) bond motifs is 1. The number of ketones is 1. The number of hydrogen-bond donors (Lipinski definition) is 2. The minimum absolute atomic E-state index is 0.0116. The van der Waals surface area contributed by atoms with Gasteiger partial charge in [-0.2, -0.15) is 0 Å². The second-order valence-corrected chi connectivity index (χ2v) is 5.57. The lowest BCUT2D eigenvalue weighted by Crippen LogP contribution is -2.31. The van der Waals surface area contributed by atoms with Crippen molar-refractivity contribution in [2.45, 2.75) is 19.9 Å². The summed E-state index contributed by atoms with van der Waals surface area (Å²) in [6, 6.07) is 11.8. The molecule has 1 heterocycles. The van der Waals surface area contributed by atoms with E-state index in [0.29, 0.717) is 22.7 Å². The number of Topliss-reactive ketones (excluding diaryl/α,β-unsaturated/α-hetero) is 1. The van der Waals surface area contributed by atoms with Crippen LogP contribution in [0.25, 0.3) is 0 Å². The first-order valence-electron chi connectivity index (χ1n) is 7.61. The van der Waals surface area contributed by atoms with Gasteiger partial charge in [-0.15, -0.1) is 0 Å². The van der Waals surface area contributed by atoms with E-state index in [0.717, 1.165) is 5.56 Å². The lowest BCUT2D eigenvalue weighted by atomic mass is 10.1. The number of carbonyl (C=O) groups is 2. The number of urea groups is 1. The van der Waals surface area contributed by atoms with Gasteiger partial charge in [-0.25, -0.2) is 4.79 Å². The number of rotatable bonds is 4. The lowest BCUT2D eigenvalue weighted by Gasteiger charge is -2.15. The second-order valence-electron chi connectivity index (χ2n) is 5.57. The zero-order chi connectivity index (χ0) is 17.1. The molecule has 0 aliphatic carbocycles. The number of amides is 2. The molecule has 2 amide bonds. The van der Waals surface area contributed by atoms with Crippen molar-refractivity contribution in [2.24, 2.45) is 0 Å². The van der Waals surface area contributed by atoms with Crippen LogP contribution in [0.15, 0.2) is 42.5 Å². The van der Waals surface area contributed by atoms with E-state index in [1.807, 2.05) is 25.1 Å². The van der Waals surface area contributed by atoms with Gasteiger partial charge in [-0.1, -0.05) is 6.07 Å². The fourth-order valence-corrected chi connectivity index (χ4v) is 2.42. The summed E-state index contributed by atoms with van der Waals surface area (Å²) in [6.45, 7) is 3.61. The summed E-state index contributed by atoms with van der Waals surface area (Å²) < 4.78 is 10.6. The van der Waals surface area contributed by atoms with Crippen LogP contribution in [0.3, 0.4) is 0 Å². The fraction of sp³-hybridized carbons (Fsp3) is 0.222. The molecule has 2 aromatic carbocycles. The van der Waals surface area contributed by atoms with E-state index in [4.69, 9.17) is 9.47 Å². The summed E-state index contributed by atoms with van der Waals surface area (Å²) >= 11 is 0. The van der Waals surface area contributed by atoms with Crippen molar-refractivity contribution >= 4 is 17.5 Å². The average molecular weight is 326 g/mol. The summed E-state index contributed by atoms with van der Waals surface area (Å²) in [6.07, 6.45) is 0. The number of anilines is 1. The minimum Gasteiger partial charge on any atom is -0.454 e. The number of hydrogen-bond acceptors (Lipinski definition) is 4. The van der Waals surface area contributed by atoms with E-state index < -0.39 is 0 Å². The third-order valence-electron chi connectivity index (χ3n) is 3.79. The summed E-state index contributed by atoms with van der Waals surface area (Å²) in [4.78, 5) is 23.3. The molecule has 1 aliphatic rings. The van der Waals surface area contributed by atoms with Gasteiger partial charge in [0.15, 0.2) is 17.3 Å². The van der Waals surface area contributed by atoms with Gasteiger partial charge < -0.3 is 20.1 Å². The van der Waals surface area contributed by atoms with Crippen LogP contribution in [0.5, 0.6) is 11.5 Å². The van der Waals surface area contributed by atoms with Crippen LogP contribution in [-0.2, 0) is 0 Å². The number of carbonyl (C=O) groups excluding carboxylic acids is 2. The summed E-state index contributed by atoms with van der Waals surface area (Å²) in [5.41, 5.74) is 2.14. The van der Waals surface area contributed by atoms with Gasteiger partial charge >= 0.3 is 6.03 Å². The molecular weight excluding hydrogens is 308 g/mol. The van der Waals surface area contributed by atoms with Crippen molar-refractivity contribution in [1.29, 1.82) is 0 Å². The zero-order valence-corrected chi connectivity index (χ0v) is 13.5. The van der Waals surface area contributed by atoms with Crippen LogP contribution < -0.4 is 20.1 Å². The van der Waals surface area contributed by atoms with Gasteiger partial charge in [0.2, 0.25) is 6.79 Å². The van der Waals surface area contributed by atoms with Crippen LogP contribution >= 0.6 is 0 Å². The van der Waals surface area contributed by atoms with Crippen LogP contribution in [0.2, 0.25) is 0 Å². The molecule has 0 unspecified atom stereocenters. The Balaban J connectivity index is 1.60. The van der Waals surface area contributed by atoms with Crippen LogP contribution in [0, 0.1) is 0 Å². The molecule has 0 saturated heterocycles. The first-order chi connectivity index (χ1) is 11.5. The highest BCUT2D eigenvalue weighted by molar-refractivity contribution is 5.95. The van der Waals surface area contributed by atoms with Gasteiger partial charge in [0.1, 0.15) is 0 Å². The van der Waals surface area contributed by atoms with E-state index in [2.05, 4.69) is 10.6 Å². The molecule has 1 aliphatic heterocycles. The zero-order valence-electron chi connectivity index (χ0n) is 13.5. The molecule has 0 bridgehead atoms. The van der Waals surface area contributed by atoms with Gasteiger partial charge in [-0.3, -0.25) is 4.79 Å². The molecule has 124 valence electrons. The van der Waals surface area contributed by atoms with Gasteiger partial charge in [-0.05, 0) is 55.8 Å². The normalized spacial score (nSPS) is 13.2. The third-order valence-corrected chi connectivity index (χ3v) is 3.79. The molecule has 0 spiro atoms. The maximum atomic E-state index is 12.1. The van der Waals surface area contributed by atoms with Crippen molar-refractivity contribution in [3.63, 3.8) is 0 Å². The predicted octanol–water partition coefficient (Wildman–Crippen LogP) is 3.50. The highest BCUT2D eigenvalue weighted by Gasteiger charge is 2.16. The predicted molar refractivity (Wildman–Crippen MR) is 89.6 cm³/mol. The van der Waals surface area contributed by atoms with Gasteiger partial charge in [0.05, 0.1) is 6.04 Å².